The first-order valence-electron chi connectivity index (χ1n) is 9.94. The van der Waals surface area contributed by atoms with E-state index in [1.807, 2.05) is 33.1 Å². The summed E-state index contributed by atoms with van der Waals surface area (Å²) >= 11 is 1.49. The highest BCUT2D eigenvalue weighted by Crippen LogP contribution is 2.27. The highest BCUT2D eigenvalue weighted by Gasteiger charge is 2.27. The molecule has 3 rings (SSSR count). The molecule has 2 aromatic rings. The highest BCUT2D eigenvalue weighted by molar-refractivity contribution is 7.98. The maximum Gasteiger partial charge on any atom is 0.410 e. The Morgan fingerprint density at radius 3 is 2.60 bits per heavy atom. The third kappa shape index (κ3) is 6.26. The molecule has 0 unspecified atom stereocenters. The summed E-state index contributed by atoms with van der Waals surface area (Å²) in [6.07, 6.45) is 6.29. The molecule has 1 aliphatic rings. The van der Waals surface area contributed by atoms with E-state index in [1.54, 1.807) is 29.4 Å². The molecule has 0 spiro atoms. The normalized spacial score (nSPS) is 15.0. The van der Waals surface area contributed by atoms with Gasteiger partial charge in [0.25, 0.3) is 0 Å². The third-order valence-electron chi connectivity index (χ3n) is 4.56. The van der Waals surface area contributed by atoms with Gasteiger partial charge in [-0.1, -0.05) is 0 Å². The lowest BCUT2D eigenvalue weighted by atomic mass is 10.1. The van der Waals surface area contributed by atoms with Crippen molar-refractivity contribution < 1.29 is 18.7 Å². The molecule has 0 radical (unpaired) electrons. The van der Waals surface area contributed by atoms with Gasteiger partial charge < -0.3 is 19.7 Å². The Kier molecular flexibility index (Phi) is 7.07. The summed E-state index contributed by atoms with van der Waals surface area (Å²) in [5, 5.41) is 3.05. The number of carbonyl (C=O) groups is 1. The van der Waals surface area contributed by atoms with Crippen molar-refractivity contribution in [2.75, 3.05) is 24.7 Å². The van der Waals surface area contributed by atoms with Gasteiger partial charge in [-0.05, 0) is 45.2 Å². The summed E-state index contributed by atoms with van der Waals surface area (Å²) in [6, 6.07) is 6.87. The van der Waals surface area contributed by atoms with Gasteiger partial charge in [-0.2, -0.15) is 0 Å². The van der Waals surface area contributed by atoms with Gasteiger partial charge >= 0.3 is 6.09 Å². The van der Waals surface area contributed by atoms with Crippen molar-refractivity contribution in [2.24, 2.45) is 0 Å². The number of piperidine rings is 1. The van der Waals surface area contributed by atoms with Crippen molar-refractivity contribution in [1.82, 2.24) is 9.88 Å². The highest BCUT2D eigenvalue weighted by atomic mass is 32.2. The number of pyridine rings is 1. The lowest BCUT2D eigenvalue weighted by molar-refractivity contribution is 0.0126. The number of hydrogen-bond acceptors (Lipinski definition) is 6. The number of likely N-dealkylation sites (tertiary alicyclic amines) is 1. The molecule has 2 heterocycles. The average molecular weight is 434 g/mol. The molecule has 8 heteroatoms. The van der Waals surface area contributed by atoms with Crippen LogP contribution >= 0.6 is 11.8 Å². The fourth-order valence-electron chi connectivity index (χ4n) is 3.11. The number of carbonyl (C=O) groups excluding carboxylic acids is 1. The van der Waals surface area contributed by atoms with Gasteiger partial charge in [0.05, 0.1) is 23.8 Å². The molecule has 6 nitrogen and oxygen atoms in total. The first-order chi connectivity index (χ1) is 14.2. The van der Waals surface area contributed by atoms with Gasteiger partial charge in [0.15, 0.2) is 0 Å². The number of hydrogen-bond donors (Lipinski definition) is 1. The number of rotatable bonds is 5. The zero-order valence-electron chi connectivity index (χ0n) is 17.8. The standard InChI is InChI=1S/C22H28FN3O3S/c1-22(2,3)29-21(27)26-9-7-16(8-10-26)28-17-11-15(13-24-14-17)25-20-6-5-18(30-4)12-19(20)23/h5-6,11-14,16,25H,7-10H2,1-4H3. The smallest absolute Gasteiger partial charge is 0.410 e. The Bertz CT molecular complexity index is 880. The van der Waals surface area contributed by atoms with Crippen LogP contribution in [0.3, 0.4) is 0 Å². The number of nitrogens with zero attached hydrogens (tertiary/aromatic N) is 2. The lowest BCUT2D eigenvalue weighted by Crippen LogP contribution is -2.44. The maximum absolute atomic E-state index is 14.2. The molecule has 1 aliphatic heterocycles. The number of halogens is 1. The number of benzene rings is 1. The number of aromatic nitrogens is 1. The molecule has 162 valence electrons. The Morgan fingerprint density at radius 1 is 1.23 bits per heavy atom. The molecule has 30 heavy (non-hydrogen) atoms. The lowest BCUT2D eigenvalue weighted by Gasteiger charge is -2.33. The Morgan fingerprint density at radius 2 is 1.97 bits per heavy atom. The van der Waals surface area contributed by atoms with Crippen LogP contribution in [0, 0.1) is 5.82 Å². The van der Waals surface area contributed by atoms with Crippen molar-refractivity contribution in [3.05, 3.63) is 42.5 Å². The van der Waals surface area contributed by atoms with Crippen molar-refractivity contribution in [1.29, 1.82) is 0 Å². The van der Waals surface area contributed by atoms with E-state index in [0.29, 0.717) is 43.1 Å². The molecule has 0 saturated carbocycles. The van der Waals surface area contributed by atoms with Crippen molar-refractivity contribution in [3.8, 4) is 5.75 Å². The minimum Gasteiger partial charge on any atom is -0.489 e. The van der Waals surface area contributed by atoms with Crippen LogP contribution in [0.5, 0.6) is 5.75 Å². The van der Waals surface area contributed by atoms with Crippen LogP contribution in [0.25, 0.3) is 0 Å². The van der Waals surface area contributed by atoms with Crippen molar-refractivity contribution >= 4 is 29.2 Å². The summed E-state index contributed by atoms with van der Waals surface area (Å²) in [4.78, 5) is 18.9. The fraction of sp³-hybridized carbons (Fsp3) is 0.455. The second-order valence-electron chi connectivity index (χ2n) is 8.16. The minimum atomic E-state index is -0.501. The summed E-state index contributed by atoms with van der Waals surface area (Å²) < 4.78 is 25.7. The number of ether oxygens (including phenoxy) is 2. The zero-order chi connectivity index (χ0) is 21.7. The van der Waals surface area contributed by atoms with E-state index in [9.17, 15) is 9.18 Å². The van der Waals surface area contributed by atoms with Crippen LogP contribution in [0.4, 0.5) is 20.6 Å². The largest absolute Gasteiger partial charge is 0.489 e. The van der Waals surface area contributed by atoms with Gasteiger partial charge in [-0.15, -0.1) is 11.8 Å². The van der Waals surface area contributed by atoms with Crippen molar-refractivity contribution in [3.63, 3.8) is 0 Å². The summed E-state index contributed by atoms with van der Waals surface area (Å²) in [6.45, 7) is 6.74. The van der Waals surface area contributed by atoms with E-state index in [4.69, 9.17) is 9.47 Å². The molecule has 0 atom stereocenters. The third-order valence-corrected chi connectivity index (χ3v) is 5.29. The first kappa shape index (κ1) is 22.2. The van der Waals surface area contributed by atoms with E-state index in [2.05, 4.69) is 10.3 Å². The summed E-state index contributed by atoms with van der Waals surface area (Å²) in [5.74, 6) is 0.291. The van der Waals surface area contributed by atoms with Crippen LogP contribution < -0.4 is 10.1 Å². The molecule has 1 fully saturated rings. The molecular formula is C22H28FN3O3S. The quantitative estimate of drug-likeness (QED) is 0.632. The summed E-state index contributed by atoms with van der Waals surface area (Å²) in [5.41, 5.74) is 0.533. The number of anilines is 2. The molecule has 0 aliphatic carbocycles. The van der Waals surface area contributed by atoms with E-state index in [1.165, 1.54) is 17.8 Å². The predicted molar refractivity (Wildman–Crippen MR) is 117 cm³/mol. The Balaban J connectivity index is 1.55. The van der Waals surface area contributed by atoms with E-state index < -0.39 is 5.60 Å². The van der Waals surface area contributed by atoms with Crippen LogP contribution in [0.15, 0.2) is 41.6 Å². The molecular weight excluding hydrogens is 405 g/mol. The molecule has 1 aromatic carbocycles. The SMILES string of the molecule is CSc1ccc(Nc2cncc(OC3CCN(C(=O)OC(C)(C)C)CC3)c2)c(F)c1. The van der Waals surface area contributed by atoms with Gasteiger partial charge in [0, 0.05) is 36.9 Å². The molecule has 1 saturated heterocycles. The second kappa shape index (κ2) is 9.55. The molecule has 1 amide bonds. The average Bonchev–Trinajstić information content (AvgIpc) is 2.69. The number of thioether (sulfide) groups is 1. The van der Waals surface area contributed by atoms with Gasteiger partial charge in [-0.3, -0.25) is 4.98 Å². The van der Waals surface area contributed by atoms with Crippen LogP contribution in [0.1, 0.15) is 33.6 Å². The number of nitrogens with one attached hydrogen (secondary N) is 1. The Hall–Kier alpha value is -2.48. The van der Waals surface area contributed by atoms with Gasteiger partial charge in [0.2, 0.25) is 0 Å². The van der Waals surface area contributed by atoms with Crippen LogP contribution in [-0.2, 0) is 4.74 Å². The zero-order valence-corrected chi connectivity index (χ0v) is 18.6. The topological polar surface area (TPSA) is 63.7 Å². The van der Waals surface area contributed by atoms with E-state index in [0.717, 1.165) is 4.90 Å². The van der Waals surface area contributed by atoms with Gasteiger partial charge in [-0.25, -0.2) is 9.18 Å². The summed E-state index contributed by atoms with van der Waals surface area (Å²) in [7, 11) is 0. The van der Waals surface area contributed by atoms with E-state index >= 15 is 0 Å². The molecule has 1 N–H and O–H groups in total. The van der Waals surface area contributed by atoms with Crippen LogP contribution in [0.2, 0.25) is 0 Å². The minimum absolute atomic E-state index is 0.0154. The maximum atomic E-state index is 14.2. The number of amides is 1. The monoisotopic (exact) mass is 433 g/mol. The molecule has 1 aromatic heterocycles. The van der Waals surface area contributed by atoms with Crippen molar-refractivity contribution in [2.45, 2.75) is 50.2 Å². The second-order valence-corrected chi connectivity index (χ2v) is 9.04. The fourth-order valence-corrected chi connectivity index (χ4v) is 3.53. The van der Waals surface area contributed by atoms with E-state index in [-0.39, 0.29) is 18.0 Å². The predicted octanol–water partition coefficient (Wildman–Crippen LogP) is 5.46. The van der Waals surface area contributed by atoms with Crippen LogP contribution in [-0.4, -0.2) is 47.0 Å². The first-order valence-corrected chi connectivity index (χ1v) is 11.2. The Labute approximate surface area is 181 Å². The molecule has 0 bridgehead atoms. The van der Waals surface area contributed by atoms with Gasteiger partial charge in [0.1, 0.15) is 23.3 Å².